The lowest BCUT2D eigenvalue weighted by molar-refractivity contribution is -0.00120. The maximum atomic E-state index is 12.6. The maximum Gasteiger partial charge on any atom is 0.410 e. The molecule has 1 spiro atoms. The molecule has 188 valence electrons. The first-order chi connectivity index (χ1) is 17.2. The molecule has 2 aliphatic rings. The van der Waals surface area contributed by atoms with Crippen molar-refractivity contribution in [2.45, 2.75) is 44.8 Å². The molecule has 3 aromatic rings. The van der Waals surface area contributed by atoms with Crippen LogP contribution in [0.1, 0.15) is 44.7 Å². The lowest BCUT2D eigenvalue weighted by Gasteiger charge is -2.43. The molecule has 0 saturated carbocycles. The molecule has 1 saturated heterocycles. The van der Waals surface area contributed by atoms with E-state index < -0.39 is 11.2 Å². The molecule has 9 nitrogen and oxygen atoms in total. The van der Waals surface area contributed by atoms with Crippen LogP contribution in [0.3, 0.4) is 0 Å². The number of likely N-dealkylation sites (tertiary alicyclic amines) is 1. The lowest BCUT2D eigenvalue weighted by atomic mass is 9.82. The average molecular weight is 490 g/mol. The molecule has 0 aliphatic carbocycles. The quantitative estimate of drug-likeness (QED) is 0.536. The Morgan fingerprint density at radius 2 is 1.75 bits per heavy atom. The number of benzene rings is 2. The van der Waals surface area contributed by atoms with Gasteiger partial charge in [-0.1, -0.05) is 30.3 Å². The maximum absolute atomic E-state index is 12.6. The minimum absolute atomic E-state index is 0.285. The van der Waals surface area contributed by atoms with Crippen LogP contribution in [-0.4, -0.2) is 62.6 Å². The fourth-order valence-corrected chi connectivity index (χ4v) is 4.68. The molecule has 1 amide bonds. The fraction of sp³-hybridized carbons (Fsp3) is 0.407. The van der Waals surface area contributed by atoms with Crippen LogP contribution in [0.5, 0.6) is 11.5 Å². The van der Waals surface area contributed by atoms with E-state index in [-0.39, 0.29) is 6.09 Å². The van der Waals surface area contributed by atoms with E-state index in [9.17, 15) is 4.79 Å². The Morgan fingerprint density at radius 3 is 2.36 bits per heavy atom. The summed E-state index contributed by atoms with van der Waals surface area (Å²) >= 11 is 0. The molecular formula is C27H31N5O4. The number of fused-ring (bicyclic) bond motifs is 1. The second-order valence-electron chi connectivity index (χ2n) is 10.2. The summed E-state index contributed by atoms with van der Waals surface area (Å²) in [5, 5.41) is 12.3. The van der Waals surface area contributed by atoms with Crippen molar-refractivity contribution < 1.29 is 19.0 Å². The van der Waals surface area contributed by atoms with Crippen molar-refractivity contribution in [3.63, 3.8) is 0 Å². The normalized spacial score (nSPS) is 16.7. The third-order valence-corrected chi connectivity index (χ3v) is 6.42. The Bertz CT molecular complexity index is 1300. The molecule has 0 radical (unpaired) electrons. The molecule has 2 aromatic carbocycles. The van der Waals surface area contributed by atoms with E-state index in [0.29, 0.717) is 31.8 Å². The van der Waals surface area contributed by atoms with Crippen LogP contribution in [0.25, 0.3) is 17.0 Å². The number of hydrogen-bond acceptors (Lipinski definition) is 7. The van der Waals surface area contributed by atoms with Crippen molar-refractivity contribution >= 4 is 11.7 Å². The number of nitrogens with zero attached hydrogens (tertiary/aromatic N) is 5. The van der Waals surface area contributed by atoms with Crippen LogP contribution in [-0.2, 0) is 11.8 Å². The number of ether oxygens (including phenoxy) is 3. The Kier molecular flexibility index (Phi) is 5.94. The summed E-state index contributed by atoms with van der Waals surface area (Å²) in [6.45, 7) is 6.74. The summed E-state index contributed by atoms with van der Waals surface area (Å²) in [7, 11) is 3.41. The van der Waals surface area contributed by atoms with Crippen LogP contribution >= 0.6 is 0 Å². The monoisotopic (exact) mass is 489 g/mol. The van der Waals surface area contributed by atoms with Crippen molar-refractivity contribution in [1.29, 1.82) is 0 Å². The number of carbonyl (C=O) groups excluding carboxylic acids is 1. The SMILES string of the molecule is COc1cccc2c1C(c1ccc(-c3nnn(C)n3)cc1)=CC1(CCN(C(=O)OC(C)(C)C)CC1)O2. The molecule has 2 aliphatic heterocycles. The van der Waals surface area contributed by atoms with E-state index in [1.54, 1.807) is 19.1 Å². The smallest absolute Gasteiger partial charge is 0.410 e. The van der Waals surface area contributed by atoms with Crippen LogP contribution in [0.2, 0.25) is 0 Å². The molecule has 5 rings (SSSR count). The Labute approximate surface area is 210 Å². The van der Waals surface area contributed by atoms with Crippen LogP contribution in [0, 0.1) is 0 Å². The van der Waals surface area contributed by atoms with Crippen molar-refractivity contribution in [3.8, 4) is 22.9 Å². The summed E-state index contributed by atoms with van der Waals surface area (Å²) in [6.07, 6.45) is 3.23. The Hall–Kier alpha value is -3.88. The van der Waals surface area contributed by atoms with Gasteiger partial charge in [0.1, 0.15) is 22.7 Å². The number of amides is 1. The molecule has 9 heteroatoms. The van der Waals surface area contributed by atoms with E-state index in [0.717, 1.165) is 33.8 Å². The molecule has 0 bridgehead atoms. The van der Waals surface area contributed by atoms with Crippen molar-refractivity contribution in [1.82, 2.24) is 25.1 Å². The molecule has 36 heavy (non-hydrogen) atoms. The highest BCUT2D eigenvalue weighted by Crippen LogP contribution is 2.47. The van der Waals surface area contributed by atoms with Gasteiger partial charge in [0.25, 0.3) is 0 Å². The molecule has 1 aromatic heterocycles. The molecule has 1 fully saturated rings. The van der Waals surface area contributed by atoms with Gasteiger partial charge in [0, 0.05) is 31.5 Å². The van der Waals surface area contributed by atoms with Crippen molar-refractivity contribution in [2.75, 3.05) is 20.2 Å². The predicted octanol–water partition coefficient (Wildman–Crippen LogP) is 4.48. The number of aromatic nitrogens is 4. The van der Waals surface area contributed by atoms with Crippen LogP contribution in [0.15, 0.2) is 48.5 Å². The number of rotatable bonds is 3. The first-order valence-corrected chi connectivity index (χ1v) is 12.1. The first-order valence-electron chi connectivity index (χ1n) is 12.1. The van der Waals surface area contributed by atoms with Gasteiger partial charge in [-0.15, -0.1) is 10.2 Å². The fourth-order valence-electron chi connectivity index (χ4n) is 4.68. The van der Waals surface area contributed by atoms with Gasteiger partial charge in [-0.3, -0.25) is 0 Å². The molecule has 0 unspecified atom stereocenters. The summed E-state index contributed by atoms with van der Waals surface area (Å²) in [5.74, 6) is 2.10. The third-order valence-electron chi connectivity index (χ3n) is 6.42. The second kappa shape index (κ2) is 8.96. The van der Waals surface area contributed by atoms with E-state index in [1.807, 2.05) is 51.1 Å². The van der Waals surface area contributed by atoms with Gasteiger partial charge in [-0.2, -0.15) is 4.80 Å². The summed E-state index contributed by atoms with van der Waals surface area (Å²) in [6, 6.07) is 14.0. The van der Waals surface area contributed by atoms with Gasteiger partial charge in [0.05, 0.1) is 19.7 Å². The van der Waals surface area contributed by atoms with Crippen molar-refractivity contribution in [2.24, 2.45) is 7.05 Å². The number of piperidine rings is 1. The van der Waals surface area contributed by atoms with Gasteiger partial charge >= 0.3 is 6.09 Å². The van der Waals surface area contributed by atoms with Crippen molar-refractivity contribution in [3.05, 3.63) is 59.7 Å². The van der Waals surface area contributed by atoms with Crippen LogP contribution < -0.4 is 9.47 Å². The highest BCUT2D eigenvalue weighted by Gasteiger charge is 2.41. The zero-order valence-corrected chi connectivity index (χ0v) is 21.3. The number of tetrazole rings is 1. The molecular weight excluding hydrogens is 458 g/mol. The second-order valence-corrected chi connectivity index (χ2v) is 10.2. The number of carbonyl (C=O) groups is 1. The standard InChI is InChI=1S/C27H31N5O4/c1-26(2,3)36-25(33)32-15-13-27(14-16-32)17-20(23-21(34-5)7-6-8-22(23)35-27)18-9-11-19(12-10-18)24-28-30-31(4)29-24/h6-12,17H,13-16H2,1-5H3. The minimum Gasteiger partial charge on any atom is -0.496 e. The van der Waals surface area contributed by atoms with Gasteiger partial charge in [-0.05, 0) is 55.3 Å². The highest BCUT2D eigenvalue weighted by molar-refractivity contribution is 5.88. The predicted molar refractivity (Wildman–Crippen MR) is 135 cm³/mol. The summed E-state index contributed by atoms with van der Waals surface area (Å²) < 4.78 is 17.9. The van der Waals surface area contributed by atoms with E-state index in [1.165, 1.54) is 4.80 Å². The number of aryl methyl sites for hydroxylation is 1. The summed E-state index contributed by atoms with van der Waals surface area (Å²) in [5.41, 5.74) is 2.83. The average Bonchev–Trinajstić information content (AvgIpc) is 3.29. The zero-order valence-electron chi connectivity index (χ0n) is 21.3. The first kappa shape index (κ1) is 23.8. The molecule has 0 N–H and O–H groups in total. The summed E-state index contributed by atoms with van der Waals surface area (Å²) in [4.78, 5) is 15.8. The van der Waals surface area contributed by atoms with Crippen LogP contribution in [0.4, 0.5) is 4.79 Å². The van der Waals surface area contributed by atoms with Gasteiger partial charge in [-0.25, -0.2) is 4.79 Å². The third kappa shape index (κ3) is 4.65. The van der Waals surface area contributed by atoms with Gasteiger partial charge < -0.3 is 19.1 Å². The lowest BCUT2D eigenvalue weighted by Crippen LogP contribution is -2.50. The Morgan fingerprint density at radius 1 is 1.06 bits per heavy atom. The zero-order chi connectivity index (χ0) is 25.5. The largest absolute Gasteiger partial charge is 0.496 e. The van der Waals surface area contributed by atoms with E-state index in [2.05, 4.69) is 33.6 Å². The minimum atomic E-state index is -0.529. The topological polar surface area (TPSA) is 91.6 Å². The Balaban J connectivity index is 1.47. The molecule has 3 heterocycles. The van der Waals surface area contributed by atoms with E-state index >= 15 is 0 Å². The van der Waals surface area contributed by atoms with E-state index in [4.69, 9.17) is 14.2 Å². The highest BCUT2D eigenvalue weighted by atomic mass is 16.6. The number of hydrogen-bond donors (Lipinski definition) is 0. The van der Waals surface area contributed by atoms with Gasteiger partial charge in [0.15, 0.2) is 0 Å². The molecule has 0 atom stereocenters. The van der Waals surface area contributed by atoms with Gasteiger partial charge in [0.2, 0.25) is 5.82 Å². The number of methoxy groups -OCH3 is 1.